The Hall–Kier alpha value is -4.85. The van der Waals surface area contributed by atoms with E-state index >= 15 is 0 Å². The third-order valence-electron chi connectivity index (χ3n) is 6.05. The molecule has 6 aromatic rings. The molecule has 0 aliphatic heterocycles. The molecule has 3 aromatic carbocycles. The van der Waals surface area contributed by atoms with Crippen LogP contribution in [0.2, 0.25) is 0 Å². The SMILES string of the molecule is COc1cc(-c2nc3c4c(-c5ccccc5)c(-c5ccccc5)oc4ncn3n2)cc(OC)c1OC. The first-order chi connectivity index (χ1) is 17.7. The van der Waals surface area contributed by atoms with Crippen molar-refractivity contribution in [1.29, 1.82) is 0 Å². The number of furan rings is 1. The van der Waals surface area contributed by atoms with Crippen molar-refractivity contribution in [3.63, 3.8) is 0 Å². The topological polar surface area (TPSA) is 83.9 Å². The molecule has 0 atom stereocenters. The lowest BCUT2D eigenvalue weighted by Gasteiger charge is -2.12. The zero-order valence-corrected chi connectivity index (χ0v) is 19.9. The van der Waals surface area contributed by atoms with Crippen molar-refractivity contribution in [1.82, 2.24) is 19.6 Å². The van der Waals surface area contributed by atoms with Gasteiger partial charge in [0.25, 0.3) is 0 Å². The minimum atomic E-state index is 0.490. The van der Waals surface area contributed by atoms with Crippen LogP contribution in [0.15, 0.2) is 83.5 Å². The van der Waals surface area contributed by atoms with Gasteiger partial charge in [0, 0.05) is 16.7 Å². The summed E-state index contributed by atoms with van der Waals surface area (Å²) in [5.74, 6) is 2.77. The fourth-order valence-electron chi connectivity index (χ4n) is 4.40. The molecule has 0 aliphatic carbocycles. The highest BCUT2D eigenvalue weighted by molar-refractivity contribution is 6.07. The van der Waals surface area contributed by atoms with Gasteiger partial charge in [-0.05, 0) is 17.7 Å². The van der Waals surface area contributed by atoms with E-state index in [1.807, 2.05) is 60.7 Å². The molecule has 8 heteroatoms. The Balaban J connectivity index is 1.63. The minimum absolute atomic E-state index is 0.490. The van der Waals surface area contributed by atoms with Crippen LogP contribution in [0.1, 0.15) is 0 Å². The van der Waals surface area contributed by atoms with Crippen LogP contribution < -0.4 is 14.2 Å². The summed E-state index contributed by atoms with van der Waals surface area (Å²) in [6, 6.07) is 23.7. The van der Waals surface area contributed by atoms with Crippen molar-refractivity contribution in [2.24, 2.45) is 0 Å². The first-order valence-corrected chi connectivity index (χ1v) is 11.3. The number of fused-ring (bicyclic) bond motifs is 3. The summed E-state index contributed by atoms with van der Waals surface area (Å²) in [6.45, 7) is 0. The summed E-state index contributed by atoms with van der Waals surface area (Å²) in [5.41, 5.74) is 4.71. The Morgan fingerprint density at radius 2 is 1.39 bits per heavy atom. The fourth-order valence-corrected chi connectivity index (χ4v) is 4.40. The summed E-state index contributed by atoms with van der Waals surface area (Å²) < 4.78 is 24.5. The van der Waals surface area contributed by atoms with Crippen molar-refractivity contribution in [2.75, 3.05) is 21.3 Å². The molecule has 6 rings (SSSR count). The molecule has 0 saturated carbocycles. The Morgan fingerprint density at radius 1 is 0.750 bits per heavy atom. The third-order valence-corrected chi connectivity index (χ3v) is 6.05. The van der Waals surface area contributed by atoms with Crippen LogP contribution in [0.3, 0.4) is 0 Å². The van der Waals surface area contributed by atoms with Crippen LogP contribution in [0.25, 0.3) is 50.6 Å². The number of aromatic nitrogens is 4. The number of nitrogens with zero attached hydrogens (tertiary/aromatic N) is 4. The van der Waals surface area contributed by atoms with Gasteiger partial charge in [0.15, 0.2) is 23.0 Å². The second-order valence-electron chi connectivity index (χ2n) is 8.08. The van der Waals surface area contributed by atoms with Crippen LogP contribution >= 0.6 is 0 Å². The Morgan fingerprint density at radius 3 is 2.00 bits per heavy atom. The van der Waals surface area contributed by atoms with E-state index in [1.54, 1.807) is 32.2 Å². The maximum Gasteiger partial charge on any atom is 0.232 e. The van der Waals surface area contributed by atoms with Crippen LogP contribution in [0, 0.1) is 0 Å². The predicted molar refractivity (Wildman–Crippen MR) is 137 cm³/mol. The second kappa shape index (κ2) is 8.74. The maximum absolute atomic E-state index is 6.32. The standard InChI is InChI=1S/C28H22N4O4/c1-33-20-14-19(15-21(34-2)25(20)35-3)26-30-27-23-22(17-10-6-4-7-11-17)24(18-12-8-5-9-13-18)36-28(23)29-16-32(27)31-26/h4-16H,1-3H3. The molecule has 3 aromatic heterocycles. The molecular formula is C28H22N4O4. The molecule has 0 aliphatic rings. The lowest BCUT2D eigenvalue weighted by Crippen LogP contribution is -1.96. The minimum Gasteiger partial charge on any atom is -0.493 e. The van der Waals surface area contributed by atoms with Gasteiger partial charge in [0.05, 0.1) is 26.7 Å². The molecule has 0 fully saturated rings. The van der Waals surface area contributed by atoms with Gasteiger partial charge in [-0.25, -0.2) is 14.5 Å². The van der Waals surface area contributed by atoms with Crippen molar-refractivity contribution < 1.29 is 18.6 Å². The molecule has 0 unspecified atom stereocenters. The molecule has 0 bridgehead atoms. The smallest absolute Gasteiger partial charge is 0.232 e. The molecule has 0 radical (unpaired) electrons. The van der Waals surface area contributed by atoms with Crippen molar-refractivity contribution in [3.8, 4) is 51.1 Å². The fraction of sp³-hybridized carbons (Fsp3) is 0.107. The Bertz CT molecular complexity index is 1670. The average Bonchev–Trinajstić information content (AvgIpc) is 3.55. The van der Waals surface area contributed by atoms with Crippen LogP contribution in [-0.2, 0) is 0 Å². The second-order valence-corrected chi connectivity index (χ2v) is 8.08. The zero-order valence-electron chi connectivity index (χ0n) is 19.9. The lowest BCUT2D eigenvalue weighted by molar-refractivity contribution is 0.324. The number of benzene rings is 3. The number of ether oxygens (including phenoxy) is 3. The van der Waals surface area contributed by atoms with E-state index in [1.165, 1.54) is 0 Å². The summed E-state index contributed by atoms with van der Waals surface area (Å²) >= 11 is 0. The molecule has 8 nitrogen and oxygen atoms in total. The van der Waals surface area contributed by atoms with Gasteiger partial charge in [-0.3, -0.25) is 0 Å². The van der Waals surface area contributed by atoms with E-state index in [0.717, 1.165) is 33.4 Å². The molecule has 0 amide bonds. The number of hydrogen-bond donors (Lipinski definition) is 0. The molecule has 178 valence electrons. The quantitative estimate of drug-likeness (QED) is 0.295. The molecular weight excluding hydrogens is 456 g/mol. The van der Waals surface area contributed by atoms with Crippen molar-refractivity contribution >= 4 is 16.7 Å². The predicted octanol–water partition coefficient (Wildman–Crippen LogP) is 5.90. The molecule has 0 saturated heterocycles. The molecule has 0 N–H and O–H groups in total. The van der Waals surface area contributed by atoms with Gasteiger partial charge in [0.2, 0.25) is 11.5 Å². The van der Waals surface area contributed by atoms with Crippen LogP contribution in [0.5, 0.6) is 17.2 Å². The first kappa shape index (κ1) is 21.7. The lowest BCUT2D eigenvalue weighted by atomic mass is 9.99. The van der Waals surface area contributed by atoms with Gasteiger partial charge in [-0.2, -0.15) is 0 Å². The van der Waals surface area contributed by atoms with Crippen LogP contribution in [0.4, 0.5) is 0 Å². The molecule has 3 heterocycles. The number of hydrogen-bond acceptors (Lipinski definition) is 7. The van der Waals surface area contributed by atoms with E-state index in [2.05, 4.69) is 17.1 Å². The third kappa shape index (κ3) is 3.42. The Kier molecular flexibility index (Phi) is 5.26. The monoisotopic (exact) mass is 478 g/mol. The largest absolute Gasteiger partial charge is 0.493 e. The summed E-state index contributed by atoms with van der Waals surface area (Å²) in [4.78, 5) is 9.48. The molecule has 36 heavy (non-hydrogen) atoms. The molecule has 0 spiro atoms. The summed E-state index contributed by atoms with van der Waals surface area (Å²) in [6.07, 6.45) is 1.61. The van der Waals surface area contributed by atoms with Gasteiger partial charge in [0.1, 0.15) is 12.1 Å². The van der Waals surface area contributed by atoms with Gasteiger partial charge in [-0.15, -0.1) is 5.10 Å². The Labute approximate surface area is 206 Å². The normalized spacial score (nSPS) is 11.2. The van der Waals surface area contributed by atoms with E-state index in [4.69, 9.17) is 28.7 Å². The highest BCUT2D eigenvalue weighted by Gasteiger charge is 2.24. The van der Waals surface area contributed by atoms with Gasteiger partial charge in [-0.1, -0.05) is 60.7 Å². The van der Waals surface area contributed by atoms with Gasteiger partial charge >= 0.3 is 0 Å². The average molecular weight is 479 g/mol. The van der Waals surface area contributed by atoms with E-state index < -0.39 is 0 Å². The van der Waals surface area contributed by atoms with Crippen molar-refractivity contribution in [2.45, 2.75) is 0 Å². The number of methoxy groups -OCH3 is 3. The van der Waals surface area contributed by atoms with E-state index in [0.29, 0.717) is 34.4 Å². The zero-order chi connectivity index (χ0) is 24.6. The maximum atomic E-state index is 6.32. The van der Waals surface area contributed by atoms with E-state index in [-0.39, 0.29) is 0 Å². The van der Waals surface area contributed by atoms with Crippen LogP contribution in [-0.4, -0.2) is 40.9 Å². The summed E-state index contributed by atoms with van der Waals surface area (Å²) in [7, 11) is 4.72. The van der Waals surface area contributed by atoms with Gasteiger partial charge < -0.3 is 18.6 Å². The first-order valence-electron chi connectivity index (χ1n) is 11.3. The highest BCUT2D eigenvalue weighted by atomic mass is 16.5. The van der Waals surface area contributed by atoms with Crippen molar-refractivity contribution in [3.05, 3.63) is 79.1 Å². The summed E-state index contributed by atoms with van der Waals surface area (Å²) in [5, 5.41) is 5.49. The van der Waals surface area contributed by atoms with E-state index in [9.17, 15) is 0 Å². The number of rotatable bonds is 6. The highest BCUT2D eigenvalue weighted by Crippen LogP contribution is 2.43.